The van der Waals surface area contributed by atoms with Crippen LogP contribution in [0.4, 0.5) is 8.78 Å². The van der Waals surface area contributed by atoms with E-state index >= 15 is 0 Å². The number of aromatic nitrogens is 2. The van der Waals surface area contributed by atoms with Crippen molar-refractivity contribution in [3.05, 3.63) is 99.7 Å². The van der Waals surface area contributed by atoms with Crippen molar-refractivity contribution in [3.8, 4) is 0 Å². The molecule has 136 valence electrons. The summed E-state index contributed by atoms with van der Waals surface area (Å²) in [6.45, 7) is 1.88. The van der Waals surface area contributed by atoms with E-state index in [4.69, 9.17) is 0 Å². The minimum Gasteiger partial charge on any atom is -0.352 e. The number of H-pyrrole nitrogens is 1. The van der Waals surface area contributed by atoms with E-state index in [1.54, 1.807) is 30.3 Å². The van der Waals surface area contributed by atoms with Crippen LogP contribution in [0.2, 0.25) is 0 Å². The molecule has 1 aromatic carbocycles. The van der Waals surface area contributed by atoms with Gasteiger partial charge in [-0.25, -0.2) is 8.78 Å². The minimum atomic E-state index is -0.927. The van der Waals surface area contributed by atoms with E-state index in [0.29, 0.717) is 17.2 Å². The molecule has 0 amide bonds. The standard InChI is InChI=1S/C20H16F2N4O/c1-12-20(13-5-7-14(21)8-6-13,17-10-9-15(22)11-23-17)26-19(24-12)16-3-2-4-18(27)25-16/h2-12H,1H3,(H,24,26)(H,25,27)/t12-,20-/m0/s1. The number of benzene rings is 1. The fraction of sp³-hybridized carbons (Fsp3) is 0.150. The van der Waals surface area contributed by atoms with Crippen LogP contribution in [0.3, 0.4) is 0 Å². The van der Waals surface area contributed by atoms with Crippen molar-refractivity contribution in [2.75, 3.05) is 0 Å². The van der Waals surface area contributed by atoms with Crippen molar-refractivity contribution in [2.45, 2.75) is 18.5 Å². The molecule has 3 heterocycles. The van der Waals surface area contributed by atoms with E-state index in [2.05, 4.69) is 20.3 Å². The van der Waals surface area contributed by atoms with Crippen LogP contribution in [0, 0.1) is 11.6 Å². The van der Waals surface area contributed by atoms with E-state index in [1.165, 1.54) is 24.3 Å². The van der Waals surface area contributed by atoms with Crippen LogP contribution in [0.1, 0.15) is 23.9 Å². The van der Waals surface area contributed by atoms with Gasteiger partial charge in [0, 0.05) is 6.07 Å². The van der Waals surface area contributed by atoms with Crippen molar-refractivity contribution in [2.24, 2.45) is 4.99 Å². The molecule has 2 atom stereocenters. The van der Waals surface area contributed by atoms with Gasteiger partial charge < -0.3 is 10.3 Å². The molecule has 2 N–H and O–H groups in total. The number of rotatable bonds is 3. The topological polar surface area (TPSA) is 70.1 Å². The van der Waals surface area contributed by atoms with Gasteiger partial charge in [-0.2, -0.15) is 0 Å². The number of aliphatic imine (C=N–C) groups is 1. The van der Waals surface area contributed by atoms with Crippen LogP contribution < -0.4 is 10.9 Å². The second kappa shape index (κ2) is 6.42. The minimum absolute atomic E-state index is 0.246. The predicted molar refractivity (Wildman–Crippen MR) is 97.6 cm³/mol. The molecular weight excluding hydrogens is 350 g/mol. The summed E-state index contributed by atoms with van der Waals surface area (Å²) >= 11 is 0. The van der Waals surface area contributed by atoms with E-state index < -0.39 is 11.4 Å². The molecule has 27 heavy (non-hydrogen) atoms. The normalized spacial score (nSPS) is 21.6. The van der Waals surface area contributed by atoms with Gasteiger partial charge in [-0.3, -0.25) is 14.8 Å². The lowest BCUT2D eigenvalue weighted by Gasteiger charge is -2.33. The summed E-state index contributed by atoms with van der Waals surface area (Å²) < 4.78 is 26.9. The molecule has 1 aliphatic rings. The number of nitrogens with one attached hydrogen (secondary N) is 2. The summed E-state index contributed by atoms with van der Waals surface area (Å²) in [5, 5.41) is 3.34. The summed E-state index contributed by atoms with van der Waals surface area (Å²) in [5.41, 5.74) is 0.626. The molecule has 7 heteroatoms. The van der Waals surface area contributed by atoms with E-state index in [9.17, 15) is 13.6 Å². The van der Waals surface area contributed by atoms with Crippen LogP contribution in [0.15, 0.2) is 70.6 Å². The average molecular weight is 366 g/mol. The van der Waals surface area contributed by atoms with Gasteiger partial charge in [0.25, 0.3) is 0 Å². The Bertz CT molecular complexity index is 1010. The van der Waals surface area contributed by atoms with Crippen LogP contribution in [0.25, 0.3) is 0 Å². The second-order valence-electron chi connectivity index (χ2n) is 6.38. The highest BCUT2D eigenvalue weighted by Gasteiger charge is 2.46. The zero-order valence-corrected chi connectivity index (χ0v) is 14.4. The van der Waals surface area contributed by atoms with E-state index in [-0.39, 0.29) is 17.4 Å². The maximum Gasteiger partial charge on any atom is 0.248 e. The van der Waals surface area contributed by atoms with Gasteiger partial charge in [-0.15, -0.1) is 0 Å². The number of nitrogens with zero attached hydrogens (tertiary/aromatic N) is 2. The highest BCUT2D eigenvalue weighted by Crippen LogP contribution is 2.37. The Morgan fingerprint density at radius 1 is 1.00 bits per heavy atom. The summed E-state index contributed by atoms with van der Waals surface area (Å²) in [6, 6.07) is 13.4. The molecule has 5 nitrogen and oxygen atoms in total. The monoisotopic (exact) mass is 366 g/mol. The molecule has 3 aromatic rings. The lowest BCUT2D eigenvalue weighted by molar-refractivity contribution is 0.420. The van der Waals surface area contributed by atoms with Gasteiger partial charge in [0.05, 0.1) is 23.6 Å². The maximum absolute atomic E-state index is 13.5. The van der Waals surface area contributed by atoms with E-state index in [1.807, 2.05) is 6.92 Å². The van der Waals surface area contributed by atoms with Crippen molar-refractivity contribution in [1.82, 2.24) is 15.3 Å². The summed E-state index contributed by atoms with van der Waals surface area (Å²) in [7, 11) is 0. The summed E-state index contributed by atoms with van der Waals surface area (Å²) in [4.78, 5) is 23.3. The molecule has 0 bridgehead atoms. The Morgan fingerprint density at radius 3 is 2.41 bits per heavy atom. The second-order valence-corrected chi connectivity index (χ2v) is 6.38. The average Bonchev–Trinajstić information content (AvgIpc) is 3.01. The van der Waals surface area contributed by atoms with Crippen molar-refractivity contribution in [1.29, 1.82) is 0 Å². The predicted octanol–water partition coefficient (Wildman–Crippen LogP) is 2.73. The van der Waals surface area contributed by atoms with Gasteiger partial charge in [0.15, 0.2) is 0 Å². The Morgan fingerprint density at radius 2 is 1.74 bits per heavy atom. The fourth-order valence-corrected chi connectivity index (χ4v) is 3.40. The van der Waals surface area contributed by atoms with Gasteiger partial charge in [0.2, 0.25) is 5.56 Å². The molecule has 0 saturated carbocycles. The fourth-order valence-electron chi connectivity index (χ4n) is 3.40. The zero-order chi connectivity index (χ0) is 19.0. The van der Waals surface area contributed by atoms with Gasteiger partial charge in [-0.1, -0.05) is 18.2 Å². The first-order valence-corrected chi connectivity index (χ1v) is 8.43. The quantitative estimate of drug-likeness (QED) is 0.749. The third kappa shape index (κ3) is 2.91. The van der Waals surface area contributed by atoms with Crippen molar-refractivity contribution < 1.29 is 8.78 Å². The highest BCUT2D eigenvalue weighted by molar-refractivity contribution is 5.99. The lowest BCUT2D eigenvalue weighted by atomic mass is 9.81. The first-order valence-electron chi connectivity index (χ1n) is 8.43. The third-order valence-corrected chi connectivity index (χ3v) is 4.72. The smallest absolute Gasteiger partial charge is 0.248 e. The molecule has 1 aliphatic heterocycles. The zero-order valence-electron chi connectivity index (χ0n) is 14.4. The third-order valence-electron chi connectivity index (χ3n) is 4.72. The molecular formula is C20H16F2N4O. The van der Waals surface area contributed by atoms with Crippen LogP contribution >= 0.6 is 0 Å². The first kappa shape index (κ1) is 17.1. The molecule has 0 unspecified atom stereocenters. The molecule has 0 fully saturated rings. The van der Waals surface area contributed by atoms with Crippen LogP contribution in [-0.4, -0.2) is 21.8 Å². The molecule has 4 rings (SSSR count). The largest absolute Gasteiger partial charge is 0.352 e. The van der Waals surface area contributed by atoms with Crippen LogP contribution in [0.5, 0.6) is 0 Å². The van der Waals surface area contributed by atoms with Gasteiger partial charge >= 0.3 is 0 Å². The van der Waals surface area contributed by atoms with Gasteiger partial charge in [-0.05, 0) is 42.8 Å². The molecule has 2 aromatic heterocycles. The Balaban J connectivity index is 1.86. The number of pyridine rings is 2. The number of hydrogen-bond donors (Lipinski definition) is 2. The molecule has 0 saturated heterocycles. The highest BCUT2D eigenvalue weighted by atomic mass is 19.1. The summed E-state index contributed by atoms with van der Waals surface area (Å²) in [6.07, 6.45) is 1.14. The SMILES string of the molecule is C[C@@H]1N=C(c2cccc(=O)[nH]2)N[C@@]1(c1ccc(F)cc1)c1ccc(F)cn1. The molecule has 0 spiro atoms. The number of hydrogen-bond acceptors (Lipinski definition) is 4. The maximum atomic E-state index is 13.5. The van der Waals surface area contributed by atoms with Crippen LogP contribution in [-0.2, 0) is 5.54 Å². The van der Waals surface area contributed by atoms with Gasteiger partial charge in [0.1, 0.15) is 23.0 Å². The number of halogens is 2. The Labute approximate surface area is 153 Å². The van der Waals surface area contributed by atoms with Crippen molar-refractivity contribution in [3.63, 3.8) is 0 Å². The number of amidine groups is 1. The Kier molecular flexibility index (Phi) is 4.07. The first-order chi connectivity index (χ1) is 13.0. The Hall–Kier alpha value is -3.35. The number of aromatic amines is 1. The molecule has 0 aliphatic carbocycles. The van der Waals surface area contributed by atoms with Crippen molar-refractivity contribution >= 4 is 5.84 Å². The lowest BCUT2D eigenvalue weighted by Crippen LogP contribution is -2.48. The molecule has 0 radical (unpaired) electrons. The summed E-state index contributed by atoms with van der Waals surface area (Å²) in [5.74, 6) is -0.331. The van der Waals surface area contributed by atoms with E-state index in [0.717, 1.165) is 11.8 Å².